The Bertz CT molecular complexity index is 362. The number of halogens is 3. The van der Waals surface area contributed by atoms with Gasteiger partial charge in [-0.15, -0.1) is 0 Å². The number of hydrogen-bond donors (Lipinski definition) is 2. The van der Waals surface area contributed by atoms with E-state index in [-0.39, 0.29) is 6.54 Å². The van der Waals surface area contributed by atoms with Crippen molar-refractivity contribution >= 4 is 0 Å². The zero-order valence-corrected chi connectivity index (χ0v) is 9.75. The normalized spacial score (nSPS) is 14.0. The maximum Gasteiger partial charge on any atom is 0.415 e. The smallest absolute Gasteiger partial charge is 0.382 e. The lowest BCUT2D eigenvalue weighted by Gasteiger charge is -2.14. The second-order valence-electron chi connectivity index (χ2n) is 3.79. The van der Waals surface area contributed by atoms with Crippen LogP contribution in [0.2, 0.25) is 0 Å². The fourth-order valence-corrected chi connectivity index (χ4v) is 1.36. The third kappa shape index (κ3) is 4.01. The largest absolute Gasteiger partial charge is 0.415 e. The van der Waals surface area contributed by atoms with Gasteiger partial charge in [-0.25, -0.2) is 0 Å². The third-order valence-corrected chi connectivity index (χ3v) is 2.41. The molecule has 0 fully saturated rings. The Labute approximate surface area is 97.4 Å². The third-order valence-electron chi connectivity index (χ3n) is 2.41. The van der Waals surface area contributed by atoms with Crippen molar-refractivity contribution in [3.63, 3.8) is 0 Å². The molecule has 17 heavy (non-hydrogen) atoms. The summed E-state index contributed by atoms with van der Waals surface area (Å²) in [6.07, 6.45) is -6.13. The minimum atomic E-state index is -4.58. The molecule has 1 aromatic rings. The van der Waals surface area contributed by atoms with Gasteiger partial charge in [0, 0.05) is 20.1 Å². The molecule has 0 aliphatic heterocycles. The summed E-state index contributed by atoms with van der Waals surface area (Å²) in [6.45, 7) is 1.68. The fraction of sp³-hybridized carbons (Fsp3) is 0.700. The minimum absolute atomic E-state index is 0.247. The maximum absolute atomic E-state index is 12.0. The first-order valence-corrected chi connectivity index (χ1v) is 5.32. The Morgan fingerprint density at radius 2 is 2.18 bits per heavy atom. The molecule has 4 nitrogen and oxygen atoms in total. The van der Waals surface area contributed by atoms with Gasteiger partial charge in [0.1, 0.15) is 0 Å². The van der Waals surface area contributed by atoms with E-state index in [0.29, 0.717) is 0 Å². The average Bonchev–Trinajstić information content (AvgIpc) is 2.58. The van der Waals surface area contributed by atoms with Crippen molar-refractivity contribution in [1.82, 2.24) is 15.1 Å². The molecule has 0 saturated carbocycles. The summed E-state index contributed by atoms with van der Waals surface area (Å²) in [6, 6.07) is 1.83. The molecule has 0 aliphatic carbocycles. The molecule has 7 heteroatoms. The molecular weight excluding hydrogens is 235 g/mol. The highest BCUT2D eigenvalue weighted by atomic mass is 19.4. The number of aryl methyl sites for hydroxylation is 2. The van der Waals surface area contributed by atoms with Crippen molar-refractivity contribution in [2.45, 2.75) is 32.2 Å². The molecule has 1 aromatic heterocycles. The van der Waals surface area contributed by atoms with Gasteiger partial charge in [-0.05, 0) is 12.5 Å². The Hall–Kier alpha value is -1.08. The molecule has 2 N–H and O–H groups in total. The van der Waals surface area contributed by atoms with Crippen LogP contribution in [0.3, 0.4) is 0 Å². The van der Waals surface area contributed by atoms with Crippen LogP contribution in [0.4, 0.5) is 13.2 Å². The van der Waals surface area contributed by atoms with Crippen LogP contribution in [-0.2, 0) is 20.0 Å². The fourth-order valence-electron chi connectivity index (χ4n) is 1.36. The average molecular weight is 251 g/mol. The molecule has 1 heterocycles. The van der Waals surface area contributed by atoms with Crippen molar-refractivity contribution in [2.75, 3.05) is 6.54 Å². The van der Waals surface area contributed by atoms with Gasteiger partial charge in [0.25, 0.3) is 0 Å². The highest BCUT2D eigenvalue weighted by Gasteiger charge is 2.37. The lowest BCUT2D eigenvalue weighted by molar-refractivity contribution is -0.201. The van der Waals surface area contributed by atoms with Gasteiger partial charge in [0.15, 0.2) is 6.10 Å². The van der Waals surface area contributed by atoms with Gasteiger partial charge in [-0.1, -0.05) is 6.92 Å². The SMILES string of the molecule is CCc1cc(CNCC(O)C(F)(F)F)n(C)n1. The Balaban J connectivity index is 2.43. The molecule has 0 bridgehead atoms. The molecule has 0 amide bonds. The molecule has 0 aromatic carbocycles. The van der Waals surface area contributed by atoms with Crippen molar-refractivity contribution in [2.24, 2.45) is 7.05 Å². The topological polar surface area (TPSA) is 50.1 Å². The van der Waals surface area contributed by atoms with E-state index in [0.717, 1.165) is 17.8 Å². The second kappa shape index (κ2) is 5.50. The molecule has 1 rings (SSSR count). The van der Waals surface area contributed by atoms with Crippen LogP contribution in [0.25, 0.3) is 0 Å². The summed E-state index contributed by atoms with van der Waals surface area (Å²) in [5, 5.41) is 15.5. The van der Waals surface area contributed by atoms with Crippen LogP contribution in [0.5, 0.6) is 0 Å². The summed E-state index contributed by atoms with van der Waals surface area (Å²) in [5.74, 6) is 0. The first-order chi connectivity index (χ1) is 7.84. The number of nitrogens with one attached hydrogen (secondary N) is 1. The molecule has 1 atom stereocenters. The number of aliphatic hydroxyl groups is 1. The van der Waals surface area contributed by atoms with Crippen LogP contribution in [0.1, 0.15) is 18.3 Å². The Morgan fingerprint density at radius 1 is 1.53 bits per heavy atom. The molecule has 0 radical (unpaired) electrons. The highest BCUT2D eigenvalue weighted by Crippen LogP contribution is 2.19. The summed E-state index contributed by atoms with van der Waals surface area (Å²) >= 11 is 0. The summed E-state index contributed by atoms with van der Waals surface area (Å²) in [7, 11) is 1.73. The van der Waals surface area contributed by atoms with E-state index >= 15 is 0 Å². The van der Waals surface area contributed by atoms with Crippen LogP contribution >= 0.6 is 0 Å². The Kier molecular flexibility index (Phi) is 4.53. The number of aliphatic hydroxyl groups excluding tert-OH is 1. The highest BCUT2D eigenvalue weighted by molar-refractivity contribution is 5.09. The van der Waals surface area contributed by atoms with E-state index < -0.39 is 18.8 Å². The number of nitrogens with zero attached hydrogens (tertiary/aromatic N) is 2. The standard InChI is InChI=1S/C10H16F3N3O/c1-3-7-4-8(16(2)15-7)5-14-6-9(17)10(11,12)13/h4,9,14,17H,3,5-6H2,1-2H3. The van der Waals surface area contributed by atoms with E-state index in [4.69, 9.17) is 5.11 Å². The predicted molar refractivity (Wildman–Crippen MR) is 56.4 cm³/mol. The van der Waals surface area contributed by atoms with Crippen LogP contribution < -0.4 is 5.32 Å². The lowest BCUT2D eigenvalue weighted by Crippen LogP contribution is -2.38. The molecule has 0 saturated heterocycles. The monoisotopic (exact) mass is 251 g/mol. The van der Waals surface area contributed by atoms with Crippen molar-refractivity contribution in [1.29, 1.82) is 0 Å². The number of hydrogen-bond acceptors (Lipinski definition) is 3. The zero-order chi connectivity index (χ0) is 13.1. The number of rotatable bonds is 5. The van der Waals surface area contributed by atoms with Gasteiger partial charge in [0.05, 0.1) is 11.4 Å². The van der Waals surface area contributed by atoms with Gasteiger partial charge in [0.2, 0.25) is 0 Å². The van der Waals surface area contributed by atoms with E-state index in [1.807, 2.05) is 13.0 Å². The maximum atomic E-state index is 12.0. The van der Waals surface area contributed by atoms with E-state index in [2.05, 4.69) is 10.4 Å². The van der Waals surface area contributed by atoms with Crippen molar-refractivity contribution in [3.05, 3.63) is 17.5 Å². The summed E-state index contributed by atoms with van der Waals surface area (Å²) in [4.78, 5) is 0. The van der Waals surface area contributed by atoms with Crippen LogP contribution in [0, 0.1) is 0 Å². The quantitative estimate of drug-likeness (QED) is 0.820. The molecule has 0 aliphatic rings. The first kappa shape index (κ1) is 14.0. The van der Waals surface area contributed by atoms with Gasteiger partial charge < -0.3 is 10.4 Å². The number of aromatic nitrogens is 2. The second-order valence-corrected chi connectivity index (χ2v) is 3.79. The zero-order valence-electron chi connectivity index (χ0n) is 9.75. The molecule has 1 unspecified atom stereocenters. The van der Waals surface area contributed by atoms with Crippen LogP contribution in [0.15, 0.2) is 6.07 Å². The summed E-state index contributed by atoms with van der Waals surface area (Å²) in [5.41, 5.74) is 1.68. The molecular formula is C10H16F3N3O. The summed E-state index contributed by atoms with van der Waals surface area (Å²) < 4.78 is 37.6. The van der Waals surface area contributed by atoms with Gasteiger partial charge in [-0.2, -0.15) is 18.3 Å². The molecule has 0 spiro atoms. The van der Waals surface area contributed by atoms with Crippen LogP contribution in [-0.4, -0.2) is 33.7 Å². The van der Waals surface area contributed by atoms with Crippen molar-refractivity contribution in [3.8, 4) is 0 Å². The van der Waals surface area contributed by atoms with E-state index in [1.54, 1.807) is 11.7 Å². The predicted octanol–water partition coefficient (Wildman–Crippen LogP) is 0.995. The van der Waals surface area contributed by atoms with E-state index in [1.165, 1.54) is 0 Å². The van der Waals surface area contributed by atoms with Gasteiger partial charge in [-0.3, -0.25) is 4.68 Å². The van der Waals surface area contributed by atoms with Gasteiger partial charge >= 0.3 is 6.18 Å². The first-order valence-electron chi connectivity index (χ1n) is 5.32. The van der Waals surface area contributed by atoms with E-state index in [9.17, 15) is 13.2 Å². The molecule has 98 valence electrons. The van der Waals surface area contributed by atoms with Crippen molar-refractivity contribution < 1.29 is 18.3 Å². The minimum Gasteiger partial charge on any atom is -0.382 e. The number of alkyl halides is 3. The lowest BCUT2D eigenvalue weighted by atomic mass is 10.3. The Morgan fingerprint density at radius 3 is 2.65 bits per heavy atom.